The average molecular weight is 288 g/mol. The molecule has 1 aromatic heterocycles. The predicted molar refractivity (Wildman–Crippen MR) is 81.0 cm³/mol. The van der Waals surface area contributed by atoms with Gasteiger partial charge in [-0.05, 0) is 37.2 Å². The van der Waals surface area contributed by atoms with Gasteiger partial charge in [0.15, 0.2) is 0 Å². The molecule has 1 N–H and O–H groups in total. The highest BCUT2D eigenvalue weighted by molar-refractivity contribution is 5.42. The van der Waals surface area contributed by atoms with Crippen LogP contribution in [-0.2, 0) is 11.8 Å². The van der Waals surface area contributed by atoms with Gasteiger partial charge in [-0.3, -0.25) is 0 Å². The number of fused-ring (bicyclic) bond motifs is 1. The van der Waals surface area contributed by atoms with Crippen molar-refractivity contribution in [2.24, 2.45) is 11.8 Å². The molecule has 0 radical (unpaired) electrons. The molecule has 0 bridgehead atoms. The fourth-order valence-electron chi connectivity index (χ4n) is 3.92. The zero-order valence-corrected chi connectivity index (χ0v) is 13.3. The molecule has 1 aliphatic rings. The van der Waals surface area contributed by atoms with E-state index in [4.69, 9.17) is 4.74 Å². The summed E-state index contributed by atoms with van der Waals surface area (Å²) in [5, 5.41) is 20.1. The largest absolute Gasteiger partial charge is 0.481 e. The van der Waals surface area contributed by atoms with Crippen LogP contribution in [0.4, 0.5) is 0 Å². The fraction of sp³-hybridized carbons (Fsp3) is 0.647. The molecule has 0 amide bonds. The Kier molecular flexibility index (Phi) is 4.53. The number of nitriles is 1. The molecule has 1 aromatic rings. The first-order chi connectivity index (χ1) is 10.0. The van der Waals surface area contributed by atoms with Gasteiger partial charge in [0.1, 0.15) is 0 Å². The molecular formula is C17H24N2O2. The van der Waals surface area contributed by atoms with E-state index in [-0.39, 0.29) is 11.8 Å². The Balaban J connectivity index is 2.64. The number of nitrogens with zero attached hydrogens (tertiary/aromatic N) is 2. The topological polar surface area (TPSA) is 66.1 Å². The molecule has 0 spiro atoms. The van der Waals surface area contributed by atoms with Crippen molar-refractivity contribution in [2.45, 2.75) is 51.6 Å². The van der Waals surface area contributed by atoms with E-state index in [1.54, 1.807) is 7.11 Å². The second-order valence-electron chi connectivity index (χ2n) is 5.91. The Morgan fingerprint density at radius 3 is 2.71 bits per heavy atom. The van der Waals surface area contributed by atoms with Crippen molar-refractivity contribution in [2.75, 3.05) is 7.11 Å². The van der Waals surface area contributed by atoms with Gasteiger partial charge in [0.05, 0.1) is 24.7 Å². The molecule has 4 nitrogen and oxygen atoms in total. The first-order valence-electron chi connectivity index (χ1n) is 7.67. The van der Waals surface area contributed by atoms with E-state index in [0.717, 1.165) is 24.1 Å². The third kappa shape index (κ3) is 2.40. The van der Waals surface area contributed by atoms with Gasteiger partial charge in [-0.1, -0.05) is 26.3 Å². The molecular weight excluding hydrogens is 264 g/mol. The van der Waals surface area contributed by atoms with E-state index in [1.165, 1.54) is 0 Å². The van der Waals surface area contributed by atoms with Gasteiger partial charge in [0.25, 0.3) is 0 Å². The first kappa shape index (κ1) is 15.8. The molecule has 0 saturated heterocycles. The van der Waals surface area contributed by atoms with Gasteiger partial charge in [-0.2, -0.15) is 5.26 Å². The van der Waals surface area contributed by atoms with Crippen LogP contribution in [0.3, 0.4) is 0 Å². The van der Waals surface area contributed by atoms with Gasteiger partial charge < -0.3 is 9.84 Å². The van der Waals surface area contributed by atoms with Crippen molar-refractivity contribution in [1.82, 2.24) is 4.98 Å². The number of aliphatic hydroxyl groups is 1. The maximum Gasteiger partial charge on any atom is 0.213 e. The molecule has 3 unspecified atom stereocenters. The molecule has 0 fully saturated rings. The van der Waals surface area contributed by atoms with Crippen LogP contribution < -0.4 is 4.74 Å². The lowest BCUT2D eigenvalue weighted by Gasteiger charge is -2.45. The molecule has 21 heavy (non-hydrogen) atoms. The Hall–Kier alpha value is -1.60. The highest BCUT2D eigenvalue weighted by Gasteiger charge is 2.49. The quantitative estimate of drug-likeness (QED) is 0.925. The van der Waals surface area contributed by atoms with E-state index in [2.05, 4.69) is 18.0 Å². The molecule has 4 atom stereocenters. The Labute approximate surface area is 126 Å². The van der Waals surface area contributed by atoms with Crippen LogP contribution in [0, 0.1) is 23.2 Å². The first-order valence-corrected chi connectivity index (χ1v) is 7.67. The van der Waals surface area contributed by atoms with Crippen LogP contribution in [0.1, 0.15) is 44.9 Å². The minimum Gasteiger partial charge on any atom is -0.481 e. The molecule has 1 aliphatic carbocycles. The van der Waals surface area contributed by atoms with Crippen LogP contribution >= 0.6 is 0 Å². The van der Waals surface area contributed by atoms with Gasteiger partial charge in [0.2, 0.25) is 5.88 Å². The number of rotatable bonds is 4. The average Bonchev–Trinajstić information content (AvgIpc) is 2.51. The van der Waals surface area contributed by atoms with Crippen molar-refractivity contribution in [3.05, 3.63) is 23.4 Å². The van der Waals surface area contributed by atoms with Crippen molar-refractivity contribution in [1.29, 1.82) is 5.26 Å². The highest BCUT2D eigenvalue weighted by atomic mass is 16.5. The maximum atomic E-state index is 10.2. The summed E-state index contributed by atoms with van der Waals surface area (Å²) in [6.07, 6.45) is 1.86. The minimum atomic E-state index is -0.566. The summed E-state index contributed by atoms with van der Waals surface area (Å²) < 4.78 is 5.21. The number of aromatic nitrogens is 1. The zero-order chi connectivity index (χ0) is 15.6. The maximum absolute atomic E-state index is 10.2. The number of pyridine rings is 1. The van der Waals surface area contributed by atoms with Crippen LogP contribution in [0.25, 0.3) is 0 Å². The normalized spacial score (nSPS) is 29.3. The van der Waals surface area contributed by atoms with E-state index in [9.17, 15) is 10.4 Å². The Bertz CT molecular complexity index is 550. The zero-order valence-electron chi connectivity index (χ0n) is 13.3. The minimum absolute atomic E-state index is 0.0571. The summed E-state index contributed by atoms with van der Waals surface area (Å²) >= 11 is 0. The standard InChI is InChI=1S/C17H24N2O2/c1-5-13-12(11(3)20)9-15-14(17(13,6-2)10-18)7-8-16(19-15)21-4/h7-8,11-13,20H,5-6,9H2,1-4H3/t11?,12?,13-,17?/m0/s1. The molecule has 114 valence electrons. The van der Waals surface area contributed by atoms with Crippen molar-refractivity contribution in [3.63, 3.8) is 0 Å². The Morgan fingerprint density at radius 1 is 1.52 bits per heavy atom. The summed E-state index contributed by atoms with van der Waals surface area (Å²) in [5.41, 5.74) is 1.34. The summed E-state index contributed by atoms with van der Waals surface area (Å²) in [4.78, 5) is 4.54. The predicted octanol–water partition coefficient (Wildman–Crippen LogP) is 2.84. The molecule has 4 heteroatoms. The highest BCUT2D eigenvalue weighted by Crippen LogP contribution is 2.48. The smallest absolute Gasteiger partial charge is 0.213 e. The lowest BCUT2D eigenvalue weighted by Crippen LogP contribution is -2.46. The number of ether oxygens (including phenoxy) is 1. The third-order valence-electron chi connectivity index (χ3n) is 5.03. The van der Waals surface area contributed by atoms with E-state index >= 15 is 0 Å². The lowest BCUT2D eigenvalue weighted by atomic mass is 9.57. The van der Waals surface area contributed by atoms with Crippen LogP contribution in [0.5, 0.6) is 5.88 Å². The summed E-state index contributed by atoms with van der Waals surface area (Å²) in [6.45, 7) is 5.96. The van der Waals surface area contributed by atoms with Crippen molar-refractivity contribution < 1.29 is 9.84 Å². The van der Waals surface area contributed by atoms with Crippen molar-refractivity contribution in [3.8, 4) is 11.9 Å². The summed E-state index contributed by atoms with van der Waals surface area (Å²) in [6, 6.07) is 6.37. The van der Waals surface area contributed by atoms with Crippen molar-refractivity contribution >= 4 is 0 Å². The molecule has 0 aliphatic heterocycles. The summed E-state index contributed by atoms with van der Waals surface area (Å²) in [5.74, 6) is 0.771. The van der Waals surface area contributed by atoms with Crippen LogP contribution in [0.15, 0.2) is 12.1 Å². The second-order valence-corrected chi connectivity index (χ2v) is 5.91. The van der Waals surface area contributed by atoms with Gasteiger partial charge >= 0.3 is 0 Å². The molecule has 0 aromatic carbocycles. The molecule has 0 saturated carbocycles. The fourth-order valence-corrected chi connectivity index (χ4v) is 3.92. The van der Waals surface area contributed by atoms with Gasteiger partial charge in [-0.15, -0.1) is 0 Å². The van der Waals surface area contributed by atoms with E-state index < -0.39 is 11.5 Å². The lowest BCUT2D eigenvalue weighted by molar-refractivity contribution is 0.0505. The molecule has 2 rings (SSSR count). The van der Waals surface area contributed by atoms with Crippen LogP contribution in [0.2, 0.25) is 0 Å². The van der Waals surface area contributed by atoms with Crippen LogP contribution in [-0.4, -0.2) is 23.3 Å². The summed E-state index contributed by atoms with van der Waals surface area (Å²) in [7, 11) is 1.59. The second kappa shape index (κ2) is 6.03. The number of hydrogen-bond acceptors (Lipinski definition) is 4. The molecule has 1 heterocycles. The van der Waals surface area contributed by atoms with Gasteiger partial charge in [-0.25, -0.2) is 4.98 Å². The monoisotopic (exact) mass is 288 g/mol. The third-order valence-corrected chi connectivity index (χ3v) is 5.03. The number of methoxy groups -OCH3 is 1. The Morgan fingerprint density at radius 2 is 2.24 bits per heavy atom. The number of hydrogen-bond donors (Lipinski definition) is 1. The number of aliphatic hydroxyl groups excluding tert-OH is 1. The van der Waals surface area contributed by atoms with E-state index in [0.29, 0.717) is 12.3 Å². The van der Waals surface area contributed by atoms with Gasteiger partial charge in [0, 0.05) is 11.8 Å². The van der Waals surface area contributed by atoms with E-state index in [1.807, 2.05) is 26.0 Å². The SMILES string of the molecule is CC[C@H]1C(C(C)O)Cc2nc(OC)ccc2C1(C#N)CC.